The van der Waals surface area contributed by atoms with Crippen LogP contribution in [0.3, 0.4) is 0 Å². The number of nitriles is 1. The topological polar surface area (TPSA) is 35.8 Å². The Balaban J connectivity index is 2.80. The average molecular weight is 265 g/mol. The normalized spacial score (nSPS) is 11.1. The Labute approximate surface area is 115 Å². The van der Waals surface area contributed by atoms with E-state index in [1.165, 1.54) is 0 Å². The number of anilines is 1. The zero-order valence-electron chi connectivity index (χ0n) is 11.5. The number of benzene rings is 1. The molecule has 0 atom stereocenters. The van der Waals surface area contributed by atoms with Gasteiger partial charge in [-0.25, -0.2) is 0 Å². The van der Waals surface area contributed by atoms with Crippen molar-refractivity contribution < 1.29 is 0 Å². The van der Waals surface area contributed by atoms with E-state index in [-0.39, 0.29) is 0 Å². The van der Waals surface area contributed by atoms with Crippen LogP contribution in [0.15, 0.2) is 18.2 Å². The molecule has 0 fully saturated rings. The van der Waals surface area contributed by atoms with E-state index < -0.39 is 0 Å². The molecule has 1 aromatic carbocycles. The largest absolute Gasteiger partial charge is 0.384 e. The summed E-state index contributed by atoms with van der Waals surface area (Å²) in [6.45, 7) is 9.79. The summed E-state index contributed by atoms with van der Waals surface area (Å²) in [5.74, 6) is 1.81. The fourth-order valence-corrected chi connectivity index (χ4v) is 2.47. The molecule has 0 saturated carbocycles. The van der Waals surface area contributed by atoms with Gasteiger partial charge in [0.05, 0.1) is 16.3 Å². The van der Waals surface area contributed by atoms with Crippen LogP contribution >= 0.6 is 11.6 Å². The third kappa shape index (κ3) is 3.65. The van der Waals surface area contributed by atoms with Gasteiger partial charge in [0.25, 0.3) is 0 Å². The first kappa shape index (κ1) is 14.9. The fourth-order valence-electron chi connectivity index (χ4n) is 2.25. The van der Waals surface area contributed by atoms with Gasteiger partial charge in [0.2, 0.25) is 0 Å². The molecule has 0 spiro atoms. The minimum absolute atomic E-state index is 0.508. The lowest BCUT2D eigenvalue weighted by Gasteiger charge is -2.25. The maximum atomic E-state index is 9.11. The van der Waals surface area contributed by atoms with Gasteiger partial charge in [-0.1, -0.05) is 45.4 Å². The first-order valence-electron chi connectivity index (χ1n) is 6.39. The predicted octanol–water partition coefficient (Wildman–Crippen LogP) is 4.55. The lowest BCUT2D eigenvalue weighted by Crippen LogP contribution is -2.24. The second kappa shape index (κ2) is 6.66. The van der Waals surface area contributed by atoms with Gasteiger partial charge in [-0.2, -0.15) is 5.26 Å². The predicted molar refractivity (Wildman–Crippen MR) is 77.8 cm³/mol. The first-order valence-corrected chi connectivity index (χ1v) is 6.77. The highest BCUT2D eigenvalue weighted by atomic mass is 35.5. The summed E-state index contributed by atoms with van der Waals surface area (Å²) in [5, 5.41) is 13.0. The number of halogens is 1. The molecule has 3 heteroatoms. The Morgan fingerprint density at radius 2 is 1.83 bits per heavy atom. The molecule has 0 bridgehead atoms. The Hall–Kier alpha value is -1.20. The lowest BCUT2D eigenvalue weighted by atomic mass is 9.85. The standard InChI is InChI=1S/C15H21ClN2/c1-10(2)13(11(3)4)9-18-15-7-5-6-14(16)12(15)8-17/h5-7,10-11,13,18H,9H2,1-4H3. The minimum atomic E-state index is 0.508. The molecule has 1 aromatic rings. The Kier molecular flexibility index (Phi) is 5.50. The van der Waals surface area contributed by atoms with Crippen LogP contribution in [0.25, 0.3) is 0 Å². The van der Waals surface area contributed by atoms with Gasteiger partial charge in [-0.05, 0) is 29.9 Å². The summed E-state index contributed by atoms with van der Waals surface area (Å²) in [6.07, 6.45) is 0. The van der Waals surface area contributed by atoms with Crippen molar-refractivity contribution in [2.24, 2.45) is 17.8 Å². The highest BCUT2D eigenvalue weighted by molar-refractivity contribution is 6.32. The van der Waals surface area contributed by atoms with Crippen molar-refractivity contribution >= 4 is 17.3 Å². The fraction of sp³-hybridized carbons (Fsp3) is 0.533. The van der Waals surface area contributed by atoms with E-state index in [0.29, 0.717) is 28.3 Å². The van der Waals surface area contributed by atoms with Crippen LogP contribution in [0.5, 0.6) is 0 Å². The van der Waals surface area contributed by atoms with Crippen molar-refractivity contribution in [2.75, 3.05) is 11.9 Å². The summed E-state index contributed by atoms with van der Waals surface area (Å²) in [5.41, 5.74) is 1.36. The molecule has 1 N–H and O–H groups in total. The van der Waals surface area contributed by atoms with E-state index >= 15 is 0 Å². The van der Waals surface area contributed by atoms with E-state index in [4.69, 9.17) is 16.9 Å². The van der Waals surface area contributed by atoms with Gasteiger partial charge in [0.15, 0.2) is 0 Å². The summed E-state index contributed by atoms with van der Waals surface area (Å²) < 4.78 is 0. The van der Waals surface area contributed by atoms with Crippen LogP contribution in [0.2, 0.25) is 5.02 Å². The molecule has 0 aliphatic heterocycles. The van der Waals surface area contributed by atoms with E-state index in [9.17, 15) is 0 Å². The summed E-state index contributed by atoms with van der Waals surface area (Å²) in [4.78, 5) is 0. The molecule has 18 heavy (non-hydrogen) atoms. The number of hydrogen-bond donors (Lipinski definition) is 1. The van der Waals surface area contributed by atoms with E-state index in [1.54, 1.807) is 6.07 Å². The summed E-state index contributed by atoms with van der Waals surface area (Å²) in [6, 6.07) is 7.67. The quantitative estimate of drug-likeness (QED) is 0.847. The monoisotopic (exact) mass is 264 g/mol. The number of nitrogens with zero attached hydrogens (tertiary/aromatic N) is 1. The van der Waals surface area contributed by atoms with Crippen molar-refractivity contribution in [3.63, 3.8) is 0 Å². The maximum Gasteiger partial charge on any atom is 0.103 e. The first-order chi connectivity index (χ1) is 8.47. The minimum Gasteiger partial charge on any atom is -0.384 e. The van der Waals surface area contributed by atoms with Crippen LogP contribution in [0.1, 0.15) is 33.3 Å². The van der Waals surface area contributed by atoms with Crippen molar-refractivity contribution in [2.45, 2.75) is 27.7 Å². The summed E-state index contributed by atoms with van der Waals surface area (Å²) in [7, 11) is 0. The molecular formula is C15H21ClN2. The molecule has 0 radical (unpaired) electrons. The third-order valence-electron chi connectivity index (χ3n) is 3.37. The van der Waals surface area contributed by atoms with E-state index in [0.717, 1.165) is 12.2 Å². The van der Waals surface area contributed by atoms with Crippen LogP contribution in [-0.2, 0) is 0 Å². The number of rotatable bonds is 5. The van der Waals surface area contributed by atoms with Crippen LogP contribution in [0.4, 0.5) is 5.69 Å². The van der Waals surface area contributed by atoms with Crippen LogP contribution in [0, 0.1) is 29.1 Å². The SMILES string of the molecule is CC(C)C(CNc1cccc(Cl)c1C#N)C(C)C. The van der Waals surface area contributed by atoms with Gasteiger partial charge in [0, 0.05) is 6.54 Å². The zero-order chi connectivity index (χ0) is 13.7. The van der Waals surface area contributed by atoms with Crippen molar-refractivity contribution in [3.05, 3.63) is 28.8 Å². The molecule has 0 saturated heterocycles. The second-order valence-electron chi connectivity index (χ2n) is 5.31. The smallest absolute Gasteiger partial charge is 0.103 e. The van der Waals surface area contributed by atoms with Gasteiger partial charge < -0.3 is 5.32 Å². The third-order valence-corrected chi connectivity index (χ3v) is 3.68. The molecule has 0 unspecified atom stereocenters. The van der Waals surface area contributed by atoms with Crippen molar-refractivity contribution in [1.29, 1.82) is 5.26 Å². The molecule has 0 aliphatic carbocycles. The van der Waals surface area contributed by atoms with Gasteiger partial charge in [-0.3, -0.25) is 0 Å². The van der Waals surface area contributed by atoms with E-state index in [2.05, 4.69) is 39.1 Å². The number of hydrogen-bond acceptors (Lipinski definition) is 2. The molecule has 0 aromatic heterocycles. The van der Waals surface area contributed by atoms with Gasteiger partial charge >= 0.3 is 0 Å². The van der Waals surface area contributed by atoms with Gasteiger partial charge in [0.1, 0.15) is 6.07 Å². The van der Waals surface area contributed by atoms with Crippen molar-refractivity contribution in [1.82, 2.24) is 0 Å². The zero-order valence-corrected chi connectivity index (χ0v) is 12.3. The second-order valence-corrected chi connectivity index (χ2v) is 5.71. The molecule has 0 amide bonds. The Morgan fingerprint density at radius 1 is 1.22 bits per heavy atom. The molecule has 0 aliphatic rings. The van der Waals surface area contributed by atoms with Gasteiger partial charge in [-0.15, -0.1) is 0 Å². The molecule has 98 valence electrons. The highest BCUT2D eigenvalue weighted by Gasteiger charge is 2.17. The molecular weight excluding hydrogens is 244 g/mol. The highest BCUT2D eigenvalue weighted by Crippen LogP contribution is 2.26. The summed E-state index contributed by atoms with van der Waals surface area (Å²) >= 11 is 6.01. The molecule has 0 heterocycles. The van der Waals surface area contributed by atoms with Crippen LogP contribution < -0.4 is 5.32 Å². The Morgan fingerprint density at radius 3 is 2.33 bits per heavy atom. The van der Waals surface area contributed by atoms with E-state index in [1.807, 2.05) is 12.1 Å². The van der Waals surface area contributed by atoms with Crippen molar-refractivity contribution in [3.8, 4) is 6.07 Å². The molecule has 2 nitrogen and oxygen atoms in total. The lowest BCUT2D eigenvalue weighted by molar-refractivity contribution is 0.304. The molecule has 1 rings (SSSR count). The number of nitrogens with one attached hydrogen (secondary N) is 1. The average Bonchev–Trinajstić information content (AvgIpc) is 2.28. The maximum absolute atomic E-state index is 9.11. The van der Waals surface area contributed by atoms with Crippen LogP contribution in [-0.4, -0.2) is 6.54 Å². The Bertz CT molecular complexity index is 425.